The van der Waals surface area contributed by atoms with Crippen molar-refractivity contribution in [3.8, 4) is 0 Å². The fourth-order valence-electron chi connectivity index (χ4n) is 2.90. The first-order valence-electron chi connectivity index (χ1n) is 8.56. The molecule has 6 nitrogen and oxygen atoms in total. The van der Waals surface area contributed by atoms with Gasteiger partial charge in [0.25, 0.3) is 0 Å². The molecule has 0 saturated carbocycles. The van der Waals surface area contributed by atoms with Crippen LogP contribution in [0.15, 0.2) is 24.3 Å². The molecule has 0 aliphatic carbocycles. The molecule has 1 saturated heterocycles. The minimum atomic E-state index is -3.24. The van der Waals surface area contributed by atoms with Crippen LogP contribution < -0.4 is 4.72 Å². The van der Waals surface area contributed by atoms with Gasteiger partial charge in [-0.1, -0.05) is 12.1 Å². The van der Waals surface area contributed by atoms with E-state index >= 15 is 0 Å². The maximum atomic E-state index is 12.1. The molecule has 1 aliphatic heterocycles. The molecule has 1 fully saturated rings. The second-order valence-electron chi connectivity index (χ2n) is 7.69. The maximum Gasteiger partial charge on any atom is 0.410 e. The molecule has 1 heterocycles. The lowest BCUT2D eigenvalue weighted by molar-refractivity contribution is 0.0184. The van der Waals surface area contributed by atoms with Crippen LogP contribution in [0, 0.1) is 5.92 Å². The number of amides is 1. The van der Waals surface area contributed by atoms with Crippen molar-refractivity contribution in [3.05, 3.63) is 29.8 Å². The van der Waals surface area contributed by atoms with Gasteiger partial charge in [0.1, 0.15) is 5.60 Å². The van der Waals surface area contributed by atoms with E-state index in [1.807, 2.05) is 32.9 Å². The number of anilines is 1. The summed E-state index contributed by atoms with van der Waals surface area (Å²) < 4.78 is 30.3. The zero-order valence-corrected chi connectivity index (χ0v) is 16.2. The van der Waals surface area contributed by atoms with Crippen LogP contribution in [0.4, 0.5) is 10.5 Å². The number of hydrogen-bond donors (Lipinski definition) is 1. The summed E-state index contributed by atoms with van der Waals surface area (Å²) in [6.45, 7) is 7.06. The Labute approximate surface area is 150 Å². The van der Waals surface area contributed by atoms with Crippen LogP contribution >= 0.6 is 0 Å². The Balaban J connectivity index is 1.83. The summed E-state index contributed by atoms with van der Waals surface area (Å²) >= 11 is 0. The third-order valence-corrected chi connectivity index (χ3v) is 4.65. The van der Waals surface area contributed by atoms with Gasteiger partial charge in [0.2, 0.25) is 10.0 Å². The van der Waals surface area contributed by atoms with Crippen molar-refractivity contribution in [1.29, 1.82) is 0 Å². The normalized spacial score (nSPS) is 16.6. The second kappa shape index (κ2) is 7.64. The summed E-state index contributed by atoms with van der Waals surface area (Å²) in [5.74, 6) is 0.521. The van der Waals surface area contributed by atoms with Crippen molar-refractivity contribution < 1.29 is 17.9 Å². The summed E-state index contributed by atoms with van der Waals surface area (Å²) in [5, 5.41) is 0. The van der Waals surface area contributed by atoms with Gasteiger partial charge in [-0.25, -0.2) is 13.2 Å². The van der Waals surface area contributed by atoms with Gasteiger partial charge in [0.05, 0.1) is 6.26 Å². The van der Waals surface area contributed by atoms with E-state index in [-0.39, 0.29) is 6.09 Å². The quantitative estimate of drug-likeness (QED) is 0.885. The standard InChI is InChI=1S/C18H28N2O4S/c1-18(2,3)24-17(21)20-11-9-15(10-12-20)13-14-5-7-16(8-6-14)19-25(4,22)23/h5-8,15,19H,9-13H2,1-4H3. The van der Waals surface area contributed by atoms with Gasteiger partial charge in [-0.15, -0.1) is 0 Å². The molecule has 1 aromatic carbocycles. The first kappa shape index (κ1) is 19.6. The molecule has 2 rings (SSSR count). The largest absolute Gasteiger partial charge is 0.444 e. The molecule has 1 amide bonds. The first-order valence-corrected chi connectivity index (χ1v) is 10.5. The van der Waals surface area contributed by atoms with Crippen LogP contribution in [0.3, 0.4) is 0 Å². The smallest absolute Gasteiger partial charge is 0.410 e. The zero-order valence-electron chi connectivity index (χ0n) is 15.4. The molecule has 0 unspecified atom stereocenters. The van der Waals surface area contributed by atoms with Crippen LogP contribution in [-0.4, -0.2) is 44.4 Å². The fraction of sp³-hybridized carbons (Fsp3) is 0.611. The van der Waals surface area contributed by atoms with Crippen LogP contribution in [-0.2, 0) is 21.2 Å². The maximum absolute atomic E-state index is 12.1. The number of piperidine rings is 1. The van der Waals surface area contributed by atoms with E-state index in [4.69, 9.17) is 4.74 Å². The van der Waals surface area contributed by atoms with Crippen molar-refractivity contribution in [2.75, 3.05) is 24.1 Å². The molecule has 1 aliphatic rings. The molecule has 0 bridgehead atoms. The van der Waals surface area contributed by atoms with Gasteiger partial charge in [-0.05, 0) is 63.6 Å². The average Bonchev–Trinajstić information content (AvgIpc) is 2.47. The van der Waals surface area contributed by atoms with Gasteiger partial charge in [-0.2, -0.15) is 0 Å². The molecule has 1 N–H and O–H groups in total. The fourth-order valence-corrected chi connectivity index (χ4v) is 3.47. The molecule has 25 heavy (non-hydrogen) atoms. The van der Waals surface area contributed by atoms with Gasteiger partial charge in [-0.3, -0.25) is 4.72 Å². The molecule has 0 spiro atoms. The summed E-state index contributed by atoms with van der Waals surface area (Å²) in [7, 11) is -3.24. The molecule has 0 radical (unpaired) electrons. The number of rotatable bonds is 4. The first-order chi connectivity index (χ1) is 11.5. The number of hydrogen-bond acceptors (Lipinski definition) is 4. The van der Waals surface area contributed by atoms with Crippen molar-refractivity contribution in [3.63, 3.8) is 0 Å². The van der Waals surface area contributed by atoms with E-state index in [0.717, 1.165) is 25.5 Å². The summed E-state index contributed by atoms with van der Waals surface area (Å²) in [6.07, 6.45) is 3.73. The number of sulfonamides is 1. The van der Waals surface area contributed by atoms with Gasteiger partial charge >= 0.3 is 6.09 Å². The number of nitrogens with one attached hydrogen (secondary N) is 1. The van der Waals surface area contributed by atoms with E-state index in [0.29, 0.717) is 24.7 Å². The molecular formula is C18H28N2O4S. The Morgan fingerprint density at radius 1 is 1.20 bits per heavy atom. The highest BCUT2D eigenvalue weighted by atomic mass is 32.2. The van der Waals surface area contributed by atoms with E-state index in [2.05, 4.69) is 4.72 Å². The van der Waals surface area contributed by atoms with Crippen molar-refractivity contribution in [2.24, 2.45) is 5.92 Å². The van der Waals surface area contributed by atoms with E-state index in [9.17, 15) is 13.2 Å². The highest BCUT2D eigenvalue weighted by Crippen LogP contribution is 2.24. The molecule has 7 heteroatoms. The topological polar surface area (TPSA) is 75.7 Å². The molecule has 0 atom stereocenters. The van der Waals surface area contributed by atoms with Crippen LogP contribution in [0.5, 0.6) is 0 Å². The Kier molecular flexibility index (Phi) is 5.98. The molecule has 1 aromatic rings. The third-order valence-electron chi connectivity index (χ3n) is 4.05. The predicted octanol–water partition coefficient (Wildman–Crippen LogP) is 3.25. The number of nitrogens with zero attached hydrogens (tertiary/aromatic N) is 1. The van der Waals surface area contributed by atoms with Gasteiger partial charge in [0.15, 0.2) is 0 Å². The van der Waals surface area contributed by atoms with Crippen molar-refractivity contribution in [1.82, 2.24) is 4.90 Å². The Morgan fingerprint density at radius 2 is 1.76 bits per heavy atom. The van der Waals surface area contributed by atoms with Crippen molar-refractivity contribution in [2.45, 2.75) is 45.6 Å². The predicted molar refractivity (Wildman–Crippen MR) is 99.1 cm³/mol. The number of benzene rings is 1. The Bertz CT molecular complexity index is 685. The molecule has 0 aromatic heterocycles. The molecular weight excluding hydrogens is 340 g/mol. The minimum Gasteiger partial charge on any atom is -0.444 e. The van der Waals surface area contributed by atoms with E-state index in [1.165, 1.54) is 5.56 Å². The van der Waals surface area contributed by atoms with Crippen molar-refractivity contribution >= 4 is 21.8 Å². The van der Waals surface area contributed by atoms with Crippen LogP contribution in [0.2, 0.25) is 0 Å². The highest BCUT2D eigenvalue weighted by Gasteiger charge is 2.26. The second-order valence-corrected chi connectivity index (χ2v) is 9.43. The monoisotopic (exact) mass is 368 g/mol. The van der Waals surface area contributed by atoms with E-state index in [1.54, 1.807) is 17.0 Å². The van der Waals surface area contributed by atoms with Gasteiger partial charge < -0.3 is 9.64 Å². The lowest BCUT2D eigenvalue weighted by atomic mass is 9.90. The summed E-state index contributed by atoms with van der Waals surface area (Å²) in [6, 6.07) is 7.47. The zero-order chi connectivity index (χ0) is 18.7. The summed E-state index contributed by atoms with van der Waals surface area (Å²) in [4.78, 5) is 13.9. The Morgan fingerprint density at radius 3 is 2.24 bits per heavy atom. The number of likely N-dealkylation sites (tertiary alicyclic amines) is 1. The van der Waals surface area contributed by atoms with Gasteiger partial charge in [0, 0.05) is 18.8 Å². The minimum absolute atomic E-state index is 0.234. The highest BCUT2D eigenvalue weighted by molar-refractivity contribution is 7.92. The Hall–Kier alpha value is -1.76. The number of carbonyl (C=O) groups is 1. The molecule has 140 valence electrons. The number of carbonyl (C=O) groups excluding carboxylic acids is 1. The average molecular weight is 368 g/mol. The number of ether oxygens (including phenoxy) is 1. The van der Waals surface area contributed by atoms with Crippen LogP contribution in [0.25, 0.3) is 0 Å². The lowest BCUT2D eigenvalue weighted by Gasteiger charge is -2.33. The SMILES string of the molecule is CC(C)(C)OC(=O)N1CCC(Cc2ccc(NS(C)(=O)=O)cc2)CC1. The lowest BCUT2D eigenvalue weighted by Crippen LogP contribution is -2.42. The van der Waals surface area contributed by atoms with E-state index < -0.39 is 15.6 Å². The third kappa shape index (κ3) is 6.94. The summed E-state index contributed by atoms with van der Waals surface area (Å²) in [5.41, 5.74) is 1.29. The van der Waals surface area contributed by atoms with Crippen LogP contribution in [0.1, 0.15) is 39.2 Å².